The Hall–Kier alpha value is -1.81. The summed E-state index contributed by atoms with van der Waals surface area (Å²) < 4.78 is 17.8. The van der Waals surface area contributed by atoms with Gasteiger partial charge in [-0.1, -0.05) is 23.8 Å². The van der Waals surface area contributed by atoms with Crippen LogP contribution in [0, 0.1) is 13.8 Å². The van der Waals surface area contributed by atoms with Gasteiger partial charge in [0.2, 0.25) is 0 Å². The van der Waals surface area contributed by atoms with Crippen LogP contribution in [0.3, 0.4) is 0 Å². The number of benzene rings is 2. The van der Waals surface area contributed by atoms with Crippen molar-refractivity contribution in [3.63, 3.8) is 0 Å². The van der Waals surface area contributed by atoms with Crippen molar-refractivity contribution in [2.45, 2.75) is 24.5 Å². The number of methoxy groups -OCH3 is 1. The van der Waals surface area contributed by atoms with Gasteiger partial charge >= 0.3 is 0 Å². The fraction of sp³-hybridized carbons (Fsp3) is 0.250. The van der Waals surface area contributed by atoms with E-state index in [2.05, 4.69) is 0 Å². The highest BCUT2D eigenvalue weighted by Gasteiger charge is 2.12. The highest BCUT2D eigenvalue weighted by atomic mass is 32.2. The molecule has 0 bridgehead atoms. The summed E-state index contributed by atoms with van der Waals surface area (Å²) in [5, 5.41) is 0. The minimum absolute atomic E-state index is 0.424. The maximum Gasteiger partial charge on any atom is 0.125 e. The maximum atomic E-state index is 12.5. The third-order valence-corrected chi connectivity index (χ3v) is 4.70. The van der Waals surface area contributed by atoms with Gasteiger partial charge in [-0.25, -0.2) is 0 Å². The van der Waals surface area contributed by atoms with Crippen LogP contribution in [-0.2, 0) is 16.6 Å². The highest BCUT2D eigenvalue weighted by molar-refractivity contribution is 7.84. The number of nitrogens with two attached hydrogens (primary N) is 1. The molecule has 2 aromatic rings. The number of hydrogen-bond donors (Lipinski definition) is 1. The Morgan fingerprint density at radius 2 is 1.90 bits per heavy atom. The molecule has 106 valence electrons. The predicted octanol–water partition coefficient (Wildman–Crippen LogP) is 3.20. The molecule has 0 aliphatic heterocycles. The molecule has 1 unspecified atom stereocenters. The molecule has 20 heavy (non-hydrogen) atoms. The van der Waals surface area contributed by atoms with Crippen molar-refractivity contribution in [1.29, 1.82) is 0 Å². The minimum atomic E-state index is -1.09. The zero-order valence-electron chi connectivity index (χ0n) is 12.0. The minimum Gasteiger partial charge on any atom is -0.496 e. The summed E-state index contributed by atoms with van der Waals surface area (Å²) in [4.78, 5) is 0.870. The van der Waals surface area contributed by atoms with Crippen molar-refractivity contribution < 1.29 is 8.95 Å². The van der Waals surface area contributed by atoms with Crippen LogP contribution in [0.2, 0.25) is 0 Å². The van der Waals surface area contributed by atoms with E-state index in [0.29, 0.717) is 17.2 Å². The van der Waals surface area contributed by atoms with Crippen LogP contribution < -0.4 is 10.5 Å². The van der Waals surface area contributed by atoms with Gasteiger partial charge in [0.25, 0.3) is 0 Å². The number of nitrogen functional groups attached to an aromatic ring is 1. The van der Waals surface area contributed by atoms with E-state index >= 15 is 0 Å². The average Bonchev–Trinajstić information content (AvgIpc) is 2.40. The molecule has 3 nitrogen and oxygen atoms in total. The number of ether oxygens (including phenoxy) is 1. The van der Waals surface area contributed by atoms with E-state index in [1.54, 1.807) is 19.2 Å². The summed E-state index contributed by atoms with van der Waals surface area (Å²) in [7, 11) is 0.502. The quantitative estimate of drug-likeness (QED) is 0.879. The van der Waals surface area contributed by atoms with Gasteiger partial charge in [0.05, 0.1) is 23.7 Å². The predicted molar refractivity (Wildman–Crippen MR) is 83.4 cm³/mol. The van der Waals surface area contributed by atoms with Gasteiger partial charge in [-0.2, -0.15) is 0 Å². The van der Waals surface area contributed by atoms with Crippen LogP contribution in [0.5, 0.6) is 5.75 Å². The molecule has 0 aliphatic carbocycles. The van der Waals surface area contributed by atoms with E-state index in [1.807, 2.05) is 38.1 Å². The topological polar surface area (TPSA) is 52.3 Å². The van der Waals surface area contributed by atoms with E-state index in [4.69, 9.17) is 10.5 Å². The number of hydrogen-bond acceptors (Lipinski definition) is 3. The Bertz CT molecular complexity index is 653. The maximum absolute atomic E-state index is 12.5. The Kier molecular flexibility index (Phi) is 4.45. The van der Waals surface area contributed by atoms with E-state index in [-0.39, 0.29) is 0 Å². The van der Waals surface area contributed by atoms with Crippen molar-refractivity contribution in [1.82, 2.24) is 0 Å². The zero-order chi connectivity index (χ0) is 14.7. The first-order chi connectivity index (χ1) is 9.51. The average molecular weight is 289 g/mol. The largest absolute Gasteiger partial charge is 0.496 e. The van der Waals surface area contributed by atoms with Gasteiger partial charge in [-0.3, -0.25) is 4.21 Å². The first-order valence-electron chi connectivity index (χ1n) is 6.39. The molecule has 2 rings (SSSR count). The standard InChI is InChI=1S/C16H19NO2S/c1-11-4-7-16(12(2)8-11)20(18)10-13-5-6-14(17)9-15(13)19-3/h4-9H,10,17H2,1-3H3. The Balaban J connectivity index is 2.28. The van der Waals surface area contributed by atoms with Crippen LogP contribution in [0.4, 0.5) is 5.69 Å². The molecular weight excluding hydrogens is 270 g/mol. The molecular formula is C16H19NO2S. The number of aryl methyl sites for hydroxylation is 2. The number of rotatable bonds is 4. The lowest BCUT2D eigenvalue weighted by Crippen LogP contribution is -2.02. The molecule has 0 saturated carbocycles. The lowest BCUT2D eigenvalue weighted by molar-refractivity contribution is 0.411. The Morgan fingerprint density at radius 1 is 1.15 bits per heavy atom. The normalized spacial score (nSPS) is 12.2. The fourth-order valence-electron chi connectivity index (χ4n) is 2.15. The molecule has 0 heterocycles. The number of anilines is 1. The van der Waals surface area contributed by atoms with Crippen LogP contribution >= 0.6 is 0 Å². The summed E-state index contributed by atoms with van der Waals surface area (Å²) in [6, 6.07) is 11.4. The van der Waals surface area contributed by atoms with Gasteiger partial charge in [-0.05, 0) is 31.5 Å². The summed E-state index contributed by atoms with van der Waals surface area (Å²) in [5.41, 5.74) is 9.50. The van der Waals surface area contributed by atoms with Crippen LogP contribution in [0.25, 0.3) is 0 Å². The molecule has 0 amide bonds. The summed E-state index contributed by atoms with van der Waals surface area (Å²) in [6.07, 6.45) is 0. The third-order valence-electron chi connectivity index (χ3n) is 3.17. The van der Waals surface area contributed by atoms with E-state index in [9.17, 15) is 4.21 Å². The summed E-state index contributed by atoms with van der Waals surface area (Å²) >= 11 is 0. The monoisotopic (exact) mass is 289 g/mol. The second-order valence-corrected chi connectivity index (χ2v) is 6.25. The second kappa shape index (κ2) is 6.09. The van der Waals surface area contributed by atoms with Crippen LogP contribution in [0.1, 0.15) is 16.7 Å². The molecule has 2 aromatic carbocycles. The molecule has 0 spiro atoms. The van der Waals surface area contributed by atoms with Crippen molar-refractivity contribution in [3.05, 3.63) is 53.1 Å². The van der Waals surface area contributed by atoms with Gasteiger partial charge in [0.1, 0.15) is 5.75 Å². The van der Waals surface area contributed by atoms with Gasteiger partial charge in [0, 0.05) is 22.2 Å². The van der Waals surface area contributed by atoms with Gasteiger partial charge in [-0.15, -0.1) is 0 Å². The Labute approximate surface area is 122 Å². The summed E-state index contributed by atoms with van der Waals surface area (Å²) in [6.45, 7) is 4.02. The first-order valence-corrected chi connectivity index (χ1v) is 7.71. The van der Waals surface area contributed by atoms with E-state index < -0.39 is 10.8 Å². The lowest BCUT2D eigenvalue weighted by Gasteiger charge is -2.11. The molecule has 0 aliphatic rings. The van der Waals surface area contributed by atoms with Crippen molar-refractivity contribution in [2.24, 2.45) is 0 Å². The SMILES string of the molecule is COc1cc(N)ccc1CS(=O)c1ccc(C)cc1C. The molecule has 4 heteroatoms. The van der Waals surface area contributed by atoms with Crippen LogP contribution in [0.15, 0.2) is 41.3 Å². The fourth-order valence-corrected chi connectivity index (χ4v) is 3.47. The molecule has 0 radical (unpaired) electrons. The third kappa shape index (κ3) is 3.20. The molecule has 2 N–H and O–H groups in total. The zero-order valence-corrected chi connectivity index (χ0v) is 12.8. The first kappa shape index (κ1) is 14.6. The molecule has 0 saturated heterocycles. The Morgan fingerprint density at radius 3 is 2.55 bits per heavy atom. The molecule has 0 aromatic heterocycles. The second-order valence-electron chi connectivity index (χ2n) is 4.83. The highest BCUT2D eigenvalue weighted by Crippen LogP contribution is 2.25. The van der Waals surface area contributed by atoms with Gasteiger partial charge < -0.3 is 10.5 Å². The smallest absolute Gasteiger partial charge is 0.125 e. The van der Waals surface area contributed by atoms with Crippen molar-refractivity contribution in [2.75, 3.05) is 12.8 Å². The molecule has 1 atom stereocenters. The van der Waals surface area contributed by atoms with E-state index in [0.717, 1.165) is 16.0 Å². The van der Waals surface area contributed by atoms with Crippen molar-refractivity contribution >= 4 is 16.5 Å². The summed E-state index contributed by atoms with van der Waals surface area (Å²) in [5.74, 6) is 1.11. The van der Waals surface area contributed by atoms with Crippen molar-refractivity contribution in [3.8, 4) is 5.75 Å². The lowest BCUT2D eigenvalue weighted by atomic mass is 10.2. The van der Waals surface area contributed by atoms with Crippen LogP contribution in [-0.4, -0.2) is 11.3 Å². The van der Waals surface area contributed by atoms with E-state index in [1.165, 1.54) is 5.56 Å². The van der Waals surface area contributed by atoms with Gasteiger partial charge in [0.15, 0.2) is 0 Å². The molecule has 0 fully saturated rings.